The highest BCUT2D eigenvalue weighted by Gasteiger charge is 2.33. The van der Waals surface area contributed by atoms with E-state index in [0.717, 1.165) is 12.5 Å². The third-order valence-corrected chi connectivity index (χ3v) is 7.77. The number of piperidine rings is 1. The van der Waals surface area contributed by atoms with Crippen LogP contribution in [0.4, 0.5) is 17.6 Å². The molecule has 1 aliphatic rings. The molecule has 1 N–H and O–H groups in total. The van der Waals surface area contributed by atoms with Gasteiger partial charge < -0.3 is 14.7 Å². The highest BCUT2D eigenvalue weighted by atomic mass is 19.4. The number of likely N-dealkylation sites (tertiary alicyclic amines) is 1. The van der Waals surface area contributed by atoms with Gasteiger partial charge in [-0.1, -0.05) is 18.2 Å². The van der Waals surface area contributed by atoms with Gasteiger partial charge in [-0.2, -0.15) is 13.2 Å². The smallest absolute Gasteiger partial charge is 0.416 e. The van der Waals surface area contributed by atoms with Crippen LogP contribution in [0, 0.1) is 11.8 Å². The number of ether oxygens (including phenoxy) is 1. The summed E-state index contributed by atoms with van der Waals surface area (Å²) < 4.78 is 60.7. The molecule has 2 heterocycles. The van der Waals surface area contributed by atoms with E-state index >= 15 is 4.39 Å². The molecule has 39 heavy (non-hydrogen) atoms. The molecule has 2 aromatic carbocycles. The maximum atomic E-state index is 15.5. The topological polar surface area (TPSA) is 62.7 Å². The van der Waals surface area contributed by atoms with Gasteiger partial charge in [-0.15, -0.1) is 0 Å². The van der Waals surface area contributed by atoms with Crippen LogP contribution in [-0.2, 0) is 17.4 Å². The van der Waals surface area contributed by atoms with Crippen molar-refractivity contribution in [2.24, 2.45) is 11.8 Å². The molecule has 5 nitrogen and oxygen atoms in total. The highest BCUT2D eigenvalue weighted by Crippen LogP contribution is 2.37. The number of aromatic nitrogens is 1. The first-order valence-corrected chi connectivity index (χ1v) is 13.3. The minimum atomic E-state index is -4.38. The van der Waals surface area contributed by atoms with Crippen molar-refractivity contribution in [3.05, 3.63) is 71.4 Å². The number of carboxylic acid groups (broad SMARTS) is 1. The fraction of sp³-hybridized carbons (Fsp3) is 0.467. The summed E-state index contributed by atoms with van der Waals surface area (Å²) in [6.07, 6.45) is -1.62. The van der Waals surface area contributed by atoms with Crippen LogP contribution in [0.2, 0.25) is 0 Å². The fourth-order valence-corrected chi connectivity index (χ4v) is 5.77. The average Bonchev–Trinajstić information content (AvgIpc) is 2.91. The number of rotatable bonds is 11. The molecule has 210 valence electrons. The van der Waals surface area contributed by atoms with E-state index in [1.165, 1.54) is 12.1 Å². The van der Waals surface area contributed by atoms with E-state index in [1.54, 1.807) is 43.6 Å². The average molecular weight is 547 g/mol. The number of carbonyl (C=O) groups is 1. The molecule has 4 rings (SSSR count). The Labute approximate surface area is 225 Å². The monoisotopic (exact) mass is 546 g/mol. The third-order valence-electron chi connectivity index (χ3n) is 7.77. The van der Waals surface area contributed by atoms with E-state index in [-0.39, 0.29) is 30.2 Å². The van der Waals surface area contributed by atoms with E-state index in [2.05, 4.69) is 9.88 Å². The van der Waals surface area contributed by atoms with Gasteiger partial charge in [-0.3, -0.25) is 9.78 Å². The second kappa shape index (κ2) is 12.8. The Kier molecular flexibility index (Phi) is 9.43. The lowest BCUT2D eigenvalue weighted by Crippen LogP contribution is -2.42. The molecule has 1 aromatic heterocycles. The van der Waals surface area contributed by atoms with Crippen molar-refractivity contribution < 1.29 is 32.2 Å². The molecule has 0 bridgehead atoms. The van der Waals surface area contributed by atoms with Gasteiger partial charge in [0.2, 0.25) is 0 Å². The van der Waals surface area contributed by atoms with Gasteiger partial charge in [0.15, 0.2) is 0 Å². The summed E-state index contributed by atoms with van der Waals surface area (Å²) in [5.74, 6) is -0.348. The van der Waals surface area contributed by atoms with Crippen LogP contribution in [0.25, 0.3) is 10.9 Å². The van der Waals surface area contributed by atoms with Gasteiger partial charge in [0.1, 0.15) is 11.9 Å². The molecule has 3 atom stereocenters. The third kappa shape index (κ3) is 7.47. The zero-order valence-corrected chi connectivity index (χ0v) is 22.0. The molecule has 9 heteroatoms. The van der Waals surface area contributed by atoms with E-state index in [1.807, 2.05) is 0 Å². The van der Waals surface area contributed by atoms with E-state index < -0.39 is 23.9 Å². The normalized spacial score (nSPS) is 19.2. The molecule has 1 saturated heterocycles. The number of aliphatic carboxylic acids is 1. The summed E-state index contributed by atoms with van der Waals surface area (Å²) >= 11 is 0. The number of aryl methyl sites for hydroxylation is 1. The predicted molar refractivity (Wildman–Crippen MR) is 141 cm³/mol. The number of hydrogen-bond acceptors (Lipinski definition) is 4. The molecule has 0 unspecified atom stereocenters. The summed E-state index contributed by atoms with van der Waals surface area (Å²) in [6.45, 7) is 1.85. The largest absolute Gasteiger partial charge is 0.497 e. The Morgan fingerprint density at radius 3 is 2.72 bits per heavy atom. The predicted octanol–water partition coefficient (Wildman–Crippen LogP) is 7.10. The van der Waals surface area contributed by atoms with Crippen molar-refractivity contribution in [3.63, 3.8) is 0 Å². The lowest BCUT2D eigenvalue weighted by molar-refractivity contribution is -0.139. The minimum Gasteiger partial charge on any atom is -0.497 e. The van der Waals surface area contributed by atoms with Crippen LogP contribution >= 0.6 is 0 Å². The van der Waals surface area contributed by atoms with Gasteiger partial charge in [-0.25, -0.2) is 4.39 Å². The van der Waals surface area contributed by atoms with Gasteiger partial charge in [0.25, 0.3) is 0 Å². The van der Waals surface area contributed by atoms with E-state index in [4.69, 9.17) is 4.74 Å². The number of pyridine rings is 1. The molecule has 0 saturated carbocycles. The summed E-state index contributed by atoms with van der Waals surface area (Å²) in [7, 11) is 1.56. The second-order valence-electron chi connectivity index (χ2n) is 10.3. The summed E-state index contributed by atoms with van der Waals surface area (Å²) in [5.41, 5.74) is 0.905. The fourth-order valence-electron chi connectivity index (χ4n) is 5.77. The molecule has 0 spiro atoms. The number of fused-ring (bicyclic) bond motifs is 1. The number of nitrogens with zero attached hydrogens (tertiary/aromatic N) is 2. The van der Waals surface area contributed by atoms with Gasteiger partial charge >= 0.3 is 12.1 Å². The zero-order chi connectivity index (χ0) is 28.0. The first kappa shape index (κ1) is 28.8. The van der Waals surface area contributed by atoms with Crippen molar-refractivity contribution in [1.82, 2.24) is 9.88 Å². The SMILES string of the molecule is COc1ccc2nccc([C@H](F)CC[C@@H]3CCN(CCCc4ccccc4C(F)(F)F)C[C@@H]3CC(=O)O)c2c1. The van der Waals surface area contributed by atoms with Crippen LogP contribution in [0.1, 0.15) is 55.0 Å². The Bertz CT molecular complexity index is 1270. The molecule has 0 aliphatic carbocycles. The molecule has 0 radical (unpaired) electrons. The summed E-state index contributed by atoms with van der Waals surface area (Å²) in [6, 6.07) is 12.7. The number of halogens is 4. The van der Waals surface area contributed by atoms with Crippen LogP contribution in [0.3, 0.4) is 0 Å². The van der Waals surface area contributed by atoms with Crippen LogP contribution in [-0.4, -0.2) is 47.7 Å². The maximum absolute atomic E-state index is 15.5. The van der Waals surface area contributed by atoms with Crippen molar-refractivity contribution >= 4 is 16.9 Å². The number of methoxy groups -OCH3 is 1. The zero-order valence-electron chi connectivity index (χ0n) is 22.0. The number of alkyl halides is 4. The van der Waals surface area contributed by atoms with E-state index in [0.29, 0.717) is 61.1 Å². The van der Waals surface area contributed by atoms with Crippen molar-refractivity contribution in [2.45, 2.75) is 50.9 Å². The van der Waals surface area contributed by atoms with Crippen LogP contribution in [0.5, 0.6) is 5.75 Å². The first-order valence-electron chi connectivity index (χ1n) is 13.3. The van der Waals surface area contributed by atoms with E-state index in [9.17, 15) is 23.1 Å². The van der Waals surface area contributed by atoms with Crippen LogP contribution in [0.15, 0.2) is 54.7 Å². The summed E-state index contributed by atoms with van der Waals surface area (Å²) in [5, 5.41) is 10.2. The second-order valence-corrected chi connectivity index (χ2v) is 10.3. The quantitative estimate of drug-likeness (QED) is 0.260. The Balaban J connectivity index is 1.35. The van der Waals surface area contributed by atoms with Crippen molar-refractivity contribution in [1.29, 1.82) is 0 Å². The van der Waals surface area contributed by atoms with Gasteiger partial charge in [0.05, 0.1) is 18.2 Å². The van der Waals surface area contributed by atoms with Gasteiger partial charge in [-0.05, 0) is 98.5 Å². The maximum Gasteiger partial charge on any atom is 0.416 e. The van der Waals surface area contributed by atoms with Crippen molar-refractivity contribution in [2.75, 3.05) is 26.7 Å². The molecule has 3 aromatic rings. The van der Waals surface area contributed by atoms with Gasteiger partial charge in [0, 0.05) is 24.5 Å². The van der Waals surface area contributed by atoms with Crippen LogP contribution < -0.4 is 4.74 Å². The lowest BCUT2D eigenvalue weighted by atomic mass is 9.79. The Hall–Kier alpha value is -3.20. The summed E-state index contributed by atoms with van der Waals surface area (Å²) in [4.78, 5) is 18.0. The number of benzene rings is 2. The van der Waals surface area contributed by atoms with Crippen molar-refractivity contribution in [3.8, 4) is 5.75 Å². The number of hydrogen-bond donors (Lipinski definition) is 1. The molecular formula is C30H34F4N2O3. The lowest BCUT2D eigenvalue weighted by Gasteiger charge is -2.38. The molecule has 1 fully saturated rings. The standard InChI is InChI=1S/C30H34F4N2O3/c1-39-23-9-11-28-25(18-23)24(12-14-35-28)27(31)10-8-20-13-16-36(19-22(20)17-29(37)38)15-4-6-21-5-2-3-7-26(21)30(32,33)34/h2-3,5,7,9,11-12,14,18,20,22,27H,4,6,8,10,13,15-17,19H2,1H3,(H,37,38)/t20-,22+,27-/m1/s1. The number of carboxylic acids is 1. The molecular weight excluding hydrogens is 512 g/mol. The highest BCUT2D eigenvalue weighted by molar-refractivity contribution is 5.83. The molecule has 0 amide bonds. The molecule has 1 aliphatic heterocycles. The Morgan fingerprint density at radius 1 is 1.18 bits per heavy atom. The minimum absolute atomic E-state index is 0.00951. The Morgan fingerprint density at radius 2 is 1.97 bits per heavy atom. The first-order chi connectivity index (χ1) is 18.7.